The van der Waals surface area contributed by atoms with Crippen molar-refractivity contribution in [2.75, 3.05) is 63.3 Å². The van der Waals surface area contributed by atoms with Crippen LogP contribution in [0.4, 0.5) is 11.4 Å². The molecular weight excluding hydrogens is 488 g/mol. The van der Waals surface area contributed by atoms with E-state index in [1.165, 1.54) is 0 Å². The number of methoxy groups -OCH3 is 2. The number of amides is 4. The van der Waals surface area contributed by atoms with Crippen LogP contribution in [0.5, 0.6) is 11.5 Å². The van der Waals surface area contributed by atoms with Crippen LogP contribution < -0.4 is 19.3 Å². The summed E-state index contributed by atoms with van der Waals surface area (Å²) in [6.07, 6.45) is 0.352. The number of ether oxygens (including phenoxy) is 2. The number of nitrogens with zero attached hydrogens (tertiary/aromatic N) is 4. The molecule has 10 nitrogen and oxygen atoms in total. The highest BCUT2D eigenvalue weighted by atomic mass is 16.5. The molecular formula is C28H32N4O6. The fourth-order valence-electron chi connectivity index (χ4n) is 5.43. The molecule has 0 bridgehead atoms. The van der Waals surface area contributed by atoms with Gasteiger partial charge in [0, 0.05) is 63.5 Å². The van der Waals surface area contributed by atoms with Crippen LogP contribution >= 0.6 is 0 Å². The Labute approximate surface area is 221 Å². The third kappa shape index (κ3) is 5.03. The molecule has 3 saturated heterocycles. The highest BCUT2D eigenvalue weighted by Crippen LogP contribution is 2.30. The van der Waals surface area contributed by atoms with Gasteiger partial charge in [0.2, 0.25) is 23.6 Å². The normalized spacial score (nSPS) is 21.7. The van der Waals surface area contributed by atoms with Gasteiger partial charge >= 0.3 is 0 Å². The summed E-state index contributed by atoms with van der Waals surface area (Å²) in [7, 11) is 3.17. The van der Waals surface area contributed by atoms with Gasteiger partial charge in [0.05, 0.1) is 26.1 Å². The fourth-order valence-corrected chi connectivity index (χ4v) is 5.43. The first-order valence-corrected chi connectivity index (χ1v) is 12.8. The quantitative estimate of drug-likeness (QED) is 0.576. The molecule has 5 rings (SSSR count). The average molecular weight is 521 g/mol. The van der Waals surface area contributed by atoms with E-state index >= 15 is 0 Å². The number of carbonyl (C=O) groups is 4. The second-order valence-corrected chi connectivity index (χ2v) is 9.86. The Hall–Kier alpha value is -4.08. The number of anilines is 2. The van der Waals surface area contributed by atoms with Crippen molar-refractivity contribution in [3.63, 3.8) is 0 Å². The first-order valence-electron chi connectivity index (χ1n) is 12.8. The summed E-state index contributed by atoms with van der Waals surface area (Å²) in [5.41, 5.74) is 1.49. The van der Waals surface area contributed by atoms with E-state index < -0.39 is 11.8 Å². The minimum atomic E-state index is -0.405. The van der Waals surface area contributed by atoms with Crippen molar-refractivity contribution >= 4 is 35.0 Å². The Morgan fingerprint density at radius 3 is 1.29 bits per heavy atom. The number of carbonyl (C=O) groups excluding carboxylic acids is 4. The van der Waals surface area contributed by atoms with Crippen LogP contribution in [-0.2, 0) is 19.2 Å². The van der Waals surface area contributed by atoms with Crippen molar-refractivity contribution < 1.29 is 28.7 Å². The van der Waals surface area contributed by atoms with E-state index in [1.807, 2.05) is 24.3 Å². The van der Waals surface area contributed by atoms with Crippen molar-refractivity contribution in [2.45, 2.75) is 12.8 Å². The number of hydrogen-bond donors (Lipinski definition) is 0. The SMILES string of the molecule is COc1ccc(N2CC(C(=O)N3CCN(C(=O)C4CC(=O)N(c5ccc(OC)cc5)C4)CC3)CC2=O)cc1. The molecule has 3 heterocycles. The van der Waals surface area contributed by atoms with Crippen molar-refractivity contribution in [3.05, 3.63) is 48.5 Å². The molecule has 10 heteroatoms. The van der Waals surface area contributed by atoms with Crippen molar-refractivity contribution in [1.82, 2.24) is 9.80 Å². The molecule has 38 heavy (non-hydrogen) atoms. The Balaban J connectivity index is 1.13. The zero-order valence-corrected chi connectivity index (χ0v) is 21.7. The molecule has 3 aliphatic heterocycles. The van der Waals surface area contributed by atoms with Crippen molar-refractivity contribution in [3.8, 4) is 11.5 Å². The molecule has 0 saturated carbocycles. The van der Waals surface area contributed by atoms with Crippen molar-refractivity contribution in [2.24, 2.45) is 11.8 Å². The largest absolute Gasteiger partial charge is 0.497 e. The molecule has 2 aromatic carbocycles. The third-order valence-corrected chi connectivity index (χ3v) is 7.62. The molecule has 0 spiro atoms. The van der Waals surface area contributed by atoms with Crippen LogP contribution in [0.2, 0.25) is 0 Å². The predicted octanol–water partition coefficient (Wildman–Crippen LogP) is 1.78. The molecule has 2 unspecified atom stereocenters. The van der Waals surface area contributed by atoms with Crippen LogP contribution in [0.1, 0.15) is 12.8 Å². The molecule has 3 aliphatic rings. The summed E-state index contributed by atoms with van der Waals surface area (Å²) in [5.74, 6) is 0.345. The van der Waals surface area contributed by atoms with Gasteiger partial charge in [-0.1, -0.05) is 0 Å². The van der Waals surface area contributed by atoms with Crippen LogP contribution in [0.25, 0.3) is 0 Å². The minimum absolute atomic E-state index is 0.0526. The highest BCUT2D eigenvalue weighted by Gasteiger charge is 2.40. The standard InChI is InChI=1S/C28H32N4O6/c1-37-23-7-3-21(4-8-23)31-17-19(15-25(31)33)27(35)29-11-13-30(14-12-29)28(36)20-16-26(34)32(18-20)22-5-9-24(38-2)10-6-22/h3-10,19-20H,11-18H2,1-2H3. The summed E-state index contributed by atoms with van der Waals surface area (Å²) in [4.78, 5) is 58.5. The van der Waals surface area contributed by atoms with Crippen LogP contribution in [-0.4, -0.2) is 86.9 Å². The summed E-state index contributed by atoms with van der Waals surface area (Å²) < 4.78 is 10.4. The molecule has 200 valence electrons. The van der Waals surface area contributed by atoms with E-state index in [9.17, 15) is 19.2 Å². The lowest BCUT2D eigenvalue weighted by Crippen LogP contribution is -2.53. The molecule has 4 amide bonds. The van der Waals surface area contributed by atoms with Gasteiger partial charge in [-0.3, -0.25) is 19.2 Å². The number of piperazine rings is 1. The monoisotopic (exact) mass is 520 g/mol. The summed E-state index contributed by atoms with van der Waals surface area (Å²) in [5, 5.41) is 0. The summed E-state index contributed by atoms with van der Waals surface area (Å²) >= 11 is 0. The number of rotatable bonds is 6. The van der Waals surface area contributed by atoms with E-state index in [1.54, 1.807) is 58.1 Å². The van der Waals surface area contributed by atoms with Crippen molar-refractivity contribution in [1.29, 1.82) is 0 Å². The minimum Gasteiger partial charge on any atom is -0.497 e. The number of hydrogen-bond acceptors (Lipinski definition) is 6. The second kappa shape index (κ2) is 10.7. The maximum atomic E-state index is 13.2. The van der Waals surface area contributed by atoms with Crippen LogP contribution in [0.3, 0.4) is 0 Å². The van der Waals surface area contributed by atoms with Crippen LogP contribution in [0, 0.1) is 11.8 Å². The molecule has 2 aromatic rings. The maximum absolute atomic E-state index is 13.2. The average Bonchev–Trinajstić information content (AvgIpc) is 3.55. The molecule has 0 aromatic heterocycles. The lowest BCUT2D eigenvalue weighted by Gasteiger charge is -2.36. The van der Waals surface area contributed by atoms with Gasteiger partial charge < -0.3 is 29.1 Å². The first kappa shape index (κ1) is 25.6. The van der Waals surface area contributed by atoms with E-state index in [0.717, 1.165) is 11.4 Å². The fraction of sp³-hybridized carbons (Fsp3) is 0.429. The Bertz CT molecular complexity index is 1110. The maximum Gasteiger partial charge on any atom is 0.228 e. The Kier molecular flexibility index (Phi) is 7.22. The van der Waals surface area contributed by atoms with Gasteiger partial charge in [0.15, 0.2) is 0 Å². The lowest BCUT2D eigenvalue weighted by molar-refractivity contribution is -0.143. The Morgan fingerprint density at radius 1 is 0.632 bits per heavy atom. The topological polar surface area (TPSA) is 99.7 Å². The lowest BCUT2D eigenvalue weighted by atomic mass is 10.0. The van der Waals surface area contributed by atoms with Crippen LogP contribution in [0.15, 0.2) is 48.5 Å². The predicted molar refractivity (Wildman–Crippen MR) is 140 cm³/mol. The third-order valence-electron chi connectivity index (χ3n) is 7.62. The summed E-state index contributed by atoms with van der Waals surface area (Å²) in [6.45, 7) is 2.35. The van der Waals surface area contributed by atoms with Gasteiger partial charge in [-0.2, -0.15) is 0 Å². The zero-order valence-electron chi connectivity index (χ0n) is 21.7. The second-order valence-electron chi connectivity index (χ2n) is 9.86. The smallest absolute Gasteiger partial charge is 0.228 e. The van der Waals surface area contributed by atoms with Gasteiger partial charge in [-0.25, -0.2) is 0 Å². The van der Waals surface area contributed by atoms with E-state index in [-0.39, 0.29) is 36.5 Å². The molecule has 3 fully saturated rings. The van der Waals surface area contributed by atoms with Gasteiger partial charge in [0.25, 0.3) is 0 Å². The van der Waals surface area contributed by atoms with Gasteiger partial charge in [0.1, 0.15) is 11.5 Å². The number of benzene rings is 2. The zero-order chi connectivity index (χ0) is 26.8. The molecule has 0 N–H and O–H groups in total. The molecule has 2 atom stereocenters. The highest BCUT2D eigenvalue weighted by molar-refractivity contribution is 6.01. The Morgan fingerprint density at radius 2 is 0.974 bits per heavy atom. The molecule has 0 radical (unpaired) electrons. The summed E-state index contributed by atoms with van der Waals surface area (Å²) in [6, 6.07) is 14.4. The van der Waals surface area contributed by atoms with E-state index in [2.05, 4.69) is 0 Å². The van der Waals surface area contributed by atoms with Gasteiger partial charge in [-0.05, 0) is 48.5 Å². The van der Waals surface area contributed by atoms with Gasteiger partial charge in [-0.15, -0.1) is 0 Å². The first-order chi connectivity index (χ1) is 18.4. The van der Waals surface area contributed by atoms with E-state index in [4.69, 9.17) is 9.47 Å². The van der Waals surface area contributed by atoms with E-state index in [0.29, 0.717) is 50.8 Å². The molecule has 0 aliphatic carbocycles.